The van der Waals surface area contributed by atoms with Crippen molar-refractivity contribution < 1.29 is 18.7 Å². The van der Waals surface area contributed by atoms with Crippen molar-refractivity contribution in [3.8, 4) is 0 Å². The molecule has 2 aromatic rings. The van der Waals surface area contributed by atoms with Crippen molar-refractivity contribution in [2.24, 2.45) is 0 Å². The number of furan rings is 1. The lowest BCUT2D eigenvalue weighted by Gasteiger charge is -2.06. The molecule has 0 fully saturated rings. The van der Waals surface area contributed by atoms with Gasteiger partial charge in [-0.15, -0.1) is 0 Å². The lowest BCUT2D eigenvalue weighted by atomic mass is 10.2. The summed E-state index contributed by atoms with van der Waals surface area (Å²) >= 11 is 0. The van der Waals surface area contributed by atoms with Crippen LogP contribution in [0.2, 0.25) is 0 Å². The van der Waals surface area contributed by atoms with Crippen molar-refractivity contribution in [2.45, 2.75) is 19.8 Å². The second kappa shape index (κ2) is 7.28. The summed E-state index contributed by atoms with van der Waals surface area (Å²) in [6.45, 7) is 2.46. The third kappa shape index (κ3) is 4.21. The Labute approximate surface area is 122 Å². The zero-order valence-electron chi connectivity index (χ0n) is 11.8. The monoisotopic (exact) mass is 287 g/mol. The SMILES string of the molecule is CCCCOC(=O)c1ccc(NC(=O)c2ccco2)cc1. The lowest BCUT2D eigenvalue weighted by Crippen LogP contribution is -2.11. The molecule has 1 amide bonds. The Bertz CT molecular complexity index is 587. The fraction of sp³-hybridized carbons (Fsp3) is 0.250. The van der Waals surface area contributed by atoms with Gasteiger partial charge < -0.3 is 14.5 Å². The van der Waals surface area contributed by atoms with Crippen molar-refractivity contribution >= 4 is 17.6 Å². The van der Waals surface area contributed by atoms with Gasteiger partial charge in [-0.2, -0.15) is 0 Å². The molecule has 1 heterocycles. The summed E-state index contributed by atoms with van der Waals surface area (Å²) in [6.07, 6.45) is 3.26. The molecular formula is C16H17NO4. The minimum Gasteiger partial charge on any atom is -0.462 e. The highest BCUT2D eigenvalue weighted by Gasteiger charge is 2.10. The van der Waals surface area contributed by atoms with Crippen LogP contribution in [0.15, 0.2) is 47.1 Å². The standard InChI is InChI=1S/C16H17NO4/c1-2-3-10-21-16(19)12-6-8-13(9-7-12)17-15(18)14-5-4-11-20-14/h4-9,11H,2-3,10H2,1H3,(H,17,18). The molecular weight excluding hydrogens is 270 g/mol. The molecule has 0 aliphatic rings. The zero-order valence-corrected chi connectivity index (χ0v) is 11.8. The van der Waals surface area contributed by atoms with E-state index in [0.29, 0.717) is 17.9 Å². The average molecular weight is 287 g/mol. The van der Waals surface area contributed by atoms with Crippen molar-refractivity contribution in [2.75, 3.05) is 11.9 Å². The Kier molecular flexibility index (Phi) is 5.15. The molecule has 0 aliphatic carbocycles. The van der Waals surface area contributed by atoms with Crippen molar-refractivity contribution in [1.29, 1.82) is 0 Å². The highest BCUT2D eigenvalue weighted by Crippen LogP contribution is 2.12. The molecule has 1 aromatic heterocycles. The summed E-state index contributed by atoms with van der Waals surface area (Å²) in [5, 5.41) is 2.68. The third-order valence-electron chi connectivity index (χ3n) is 2.85. The van der Waals surface area contributed by atoms with Crippen molar-refractivity contribution in [1.82, 2.24) is 0 Å². The number of esters is 1. The molecule has 21 heavy (non-hydrogen) atoms. The van der Waals surface area contributed by atoms with E-state index in [1.807, 2.05) is 6.92 Å². The van der Waals surface area contributed by atoms with Crippen LogP contribution in [0.5, 0.6) is 0 Å². The Hall–Kier alpha value is -2.56. The summed E-state index contributed by atoms with van der Waals surface area (Å²) in [5.74, 6) is -0.455. The van der Waals surface area contributed by atoms with Crippen LogP contribution in [0.4, 0.5) is 5.69 Å². The summed E-state index contributed by atoms with van der Waals surface area (Å²) < 4.78 is 10.1. The first-order valence-electron chi connectivity index (χ1n) is 6.82. The van der Waals surface area contributed by atoms with Gasteiger partial charge in [0.15, 0.2) is 5.76 Å². The van der Waals surface area contributed by atoms with Crippen LogP contribution >= 0.6 is 0 Å². The topological polar surface area (TPSA) is 68.5 Å². The number of hydrogen-bond acceptors (Lipinski definition) is 4. The van der Waals surface area contributed by atoms with Gasteiger partial charge in [-0.1, -0.05) is 13.3 Å². The molecule has 5 nitrogen and oxygen atoms in total. The van der Waals surface area contributed by atoms with Crippen LogP contribution < -0.4 is 5.32 Å². The Morgan fingerprint density at radius 2 is 1.95 bits per heavy atom. The molecule has 5 heteroatoms. The third-order valence-corrected chi connectivity index (χ3v) is 2.85. The molecule has 2 rings (SSSR count). The number of hydrogen-bond donors (Lipinski definition) is 1. The number of benzene rings is 1. The Balaban J connectivity index is 1.92. The number of amides is 1. The number of unbranched alkanes of at least 4 members (excludes halogenated alkanes) is 1. The first-order chi connectivity index (χ1) is 10.2. The second-order valence-electron chi connectivity index (χ2n) is 4.50. The van der Waals surface area contributed by atoms with Gasteiger partial charge in [0.25, 0.3) is 5.91 Å². The average Bonchev–Trinajstić information content (AvgIpc) is 3.02. The molecule has 0 atom stereocenters. The number of rotatable bonds is 6. The zero-order chi connectivity index (χ0) is 15.1. The first-order valence-corrected chi connectivity index (χ1v) is 6.82. The molecule has 0 aliphatic heterocycles. The largest absolute Gasteiger partial charge is 0.462 e. The van der Waals surface area contributed by atoms with E-state index in [2.05, 4.69) is 5.32 Å². The van der Waals surface area contributed by atoms with Crippen LogP contribution in [-0.2, 0) is 4.74 Å². The summed E-state index contributed by atoms with van der Waals surface area (Å²) in [5.41, 5.74) is 1.05. The molecule has 0 saturated carbocycles. The Morgan fingerprint density at radius 1 is 1.19 bits per heavy atom. The molecule has 0 spiro atoms. The van der Waals surface area contributed by atoms with E-state index in [1.165, 1.54) is 6.26 Å². The predicted molar refractivity (Wildman–Crippen MR) is 78.3 cm³/mol. The van der Waals surface area contributed by atoms with E-state index in [0.717, 1.165) is 12.8 Å². The van der Waals surface area contributed by atoms with E-state index < -0.39 is 0 Å². The normalized spacial score (nSPS) is 10.1. The minimum absolute atomic E-state index is 0.234. The summed E-state index contributed by atoms with van der Waals surface area (Å²) in [6, 6.07) is 9.76. The van der Waals surface area contributed by atoms with Gasteiger partial charge in [0, 0.05) is 5.69 Å². The van der Waals surface area contributed by atoms with E-state index in [-0.39, 0.29) is 17.6 Å². The predicted octanol–water partition coefficient (Wildman–Crippen LogP) is 3.49. The van der Waals surface area contributed by atoms with Crippen LogP contribution in [0.3, 0.4) is 0 Å². The van der Waals surface area contributed by atoms with Gasteiger partial charge in [0.1, 0.15) is 0 Å². The van der Waals surface area contributed by atoms with Crippen molar-refractivity contribution in [3.63, 3.8) is 0 Å². The van der Waals surface area contributed by atoms with E-state index in [9.17, 15) is 9.59 Å². The smallest absolute Gasteiger partial charge is 0.338 e. The molecule has 0 saturated heterocycles. The maximum atomic E-state index is 11.8. The molecule has 0 radical (unpaired) electrons. The maximum absolute atomic E-state index is 11.8. The quantitative estimate of drug-likeness (QED) is 0.652. The van der Waals surface area contributed by atoms with Crippen LogP contribution in [0.1, 0.15) is 40.7 Å². The highest BCUT2D eigenvalue weighted by atomic mass is 16.5. The van der Waals surface area contributed by atoms with Crippen molar-refractivity contribution in [3.05, 3.63) is 54.0 Å². The molecule has 110 valence electrons. The van der Waals surface area contributed by atoms with Crippen LogP contribution in [0, 0.1) is 0 Å². The molecule has 1 N–H and O–H groups in total. The number of nitrogens with one attached hydrogen (secondary N) is 1. The summed E-state index contributed by atoms with van der Waals surface area (Å²) in [4.78, 5) is 23.5. The number of carbonyl (C=O) groups is 2. The fourth-order valence-corrected chi connectivity index (χ4v) is 1.68. The van der Waals surface area contributed by atoms with Gasteiger partial charge in [0.2, 0.25) is 0 Å². The molecule has 0 unspecified atom stereocenters. The van der Waals surface area contributed by atoms with Gasteiger partial charge in [-0.05, 0) is 42.8 Å². The second-order valence-corrected chi connectivity index (χ2v) is 4.50. The fourth-order valence-electron chi connectivity index (χ4n) is 1.68. The van der Waals surface area contributed by atoms with Crippen LogP contribution in [0.25, 0.3) is 0 Å². The van der Waals surface area contributed by atoms with Gasteiger partial charge in [0.05, 0.1) is 18.4 Å². The number of anilines is 1. The maximum Gasteiger partial charge on any atom is 0.338 e. The van der Waals surface area contributed by atoms with Gasteiger partial charge >= 0.3 is 5.97 Å². The number of ether oxygens (including phenoxy) is 1. The van der Waals surface area contributed by atoms with Crippen LogP contribution in [-0.4, -0.2) is 18.5 Å². The molecule has 1 aromatic carbocycles. The lowest BCUT2D eigenvalue weighted by molar-refractivity contribution is 0.0499. The highest BCUT2D eigenvalue weighted by molar-refractivity contribution is 6.02. The number of carbonyl (C=O) groups excluding carboxylic acids is 2. The Morgan fingerprint density at radius 3 is 2.57 bits per heavy atom. The minimum atomic E-state index is -0.354. The van der Waals surface area contributed by atoms with E-state index >= 15 is 0 Å². The van der Waals surface area contributed by atoms with E-state index in [4.69, 9.17) is 9.15 Å². The van der Waals surface area contributed by atoms with E-state index in [1.54, 1.807) is 36.4 Å². The first kappa shape index (κ1) is 14.8. The molecule has 0 bridgehead atoms. The van der Waals surface area contributed by atoms with Gasteiger partial charge in [-0.25, -0.2) is 4.79 Å². The summed E-state index contributed by atoms with van der Waals surface area (Å²) in [7, 11) is 0. The van der Waals surface area contributed by atoms with Gasteiger partial charge in [-0.3, -0.25) is 4.79 Å².